The summed E-state index contributed by atoms with van der Waals surface area (Å²) in [5, 5.41) is 0. The first-order chi connectivity index (χ1) is 15.2. The molecule has 4 nitrogen and oxygen atoms in total. The molecule has 1 heterocycles. The van der Waals surface area contributed by atoms with Crippen LogP contribution in [0.4, 0.5) is 5.69 Å². The van der Waals surface area contributed by atoms with E-state index in [0.717, 1.165) is 25.7 Å². The minimum absolute atomic E-state index is 0.216. The Kier molecular flexibility index (Phi) is 12.0. The predicted molar refractivity (Wildman–Crippen MR) is 148 cm³/mol. The normalized spacial score (nSPS) is 17.1. The molecule has 0 aromatic heterocycles. The van der Waals surface area contributed by atoms with Crippen LogP contribution in [0.3, 0.4) is 0 Å². The number of rotatable bonds is 3. The van der Waals surface area contributed by atoms with Crippen molar-refractivity contribution in [3.05, 3.63) is 29.3 Å². The van der Waals surface area contributed by atoms with Gasteiger partial charge in [-0.25, -0.2) is 0 Å². The Bertz CT molecular complexity index is 734. The van der Waals surface area contributed by atoms with E-state index < -0.39 is 15.6 Å². The first-order valence-electron chi connectivity index (χ1n) is 12.5. The Morgan fingerprint density at radius 2 is 0.971 bits per heavy atom. The first kappa shape index (κ1) is 32.2. The summed E-state index contributed by atoms with van der Waals surface area (Å²) < 4.78 is 4.50. The van der Waals surface area contributed by atoms with Gasteiger partial charge in [0.1, 0.15) is 0 Å². The van der Waals surface area contributed by atoms with Crippen molar-refractivity contribution in [3.63, 3.8) is 0 Å². The zero-order valence-electron chi connectivity index (χ0n) is 24.1. The zero-order chi connectivity index (χ0) is 26.6. The first-order valence-corrected chi connectivity index (χ1v) is 17.5. The Balaban J connectivity index is 0.000000342. The standard InChI is InChI=1S/C15H33N3.C12H17N.2ClH.Ti/c1-13(2,3)16-10-17(14(4,5)6)12-18(11-16)15(7,8)9;1-8(2)10-6-5-7-11(9(3)4)12(10)13;;;/h10-12H2,1-9H3;5-9H,1-4H3;2*1H;/q;;;;+2/p-2. The second kappa shape index (κ2) is 12.6. The van der Waals surface area contributed by atoms with Crippen LogP contribution in [0.15, 0.2) is 21.6 Å². The van der Waals surface area contributed by atoms with Gasteiger partial charge < -0.3 is 0 Å². The van der Waals surface area contributed by atoms with Crippen LogP contribution in [0.1, 0.15) is 113 Å². The zero-order valence-corrected chi connectivity index (χ0v) is 27.1. The molecule has 0 N–H and O–H groups in total. The molecule has 0 bridgehead atoms. The van der Waals surface area contributed by atoms with Crippen LogP contribution in [0.2, 0.25) is 0 Å². The van der Waals surface area contributed by atoms with Crippen LogP contribution in [0.5, 0.6) is 0 Å². The van der Waals surface area contributed by atoms with E-state index in [1.54, 1.807) is 0 Å². The van der Waals surface area contributed by atoms with Gasteiger partial charge in [-0.15, -0.1) is 0 Å². The molecule has 196 valence electrons. The van der Waals surface area contributed by atoms with Gasteiger partial charge in [-0.2, -0.15) is 0 Å². The van der Waals surface area contributed by atoms with Crippen LogP contribution in [0.25, 0.3) is 0 Å². The van der Waals surface area contributed by atoms with E-state index in [2.05, 4.69) is 126 Å². The maximum absolute atomic E-state index is 5.93. The fourth-order valence-electron chi connectivity index (χ4n) is 3.75. The van der Waals surface area contributed by atoms with Gasteiger partial charge in [-0.1, -0.05) is 0 Å². The van der Waals surface area contributed by atoms with E-state index in [1.165, 1.54) is 11.1 Å². The van der Waals surface area contributed by atoms with Crippen molar-refractivity contribution in [1.82, 2.24) is 14.7 Å². The summed E-state index contributed by atoms with van der Waals surface area (Å²) in [5.74, 6) is 0.895. The average molecular weight is 549 g/mol. The summed E-state index contributed by atoms with van der Waals surface area (Å²) in [6.45, 7) is 32.6. The van der Waals surface area contributed by atoms with Crippen molar-refractivity contribution < 1.29 is 15.6 Å². The summed E-state index contributed by atoms with van der Waals surface area (Å²) in [5.41, 5.74) is 4.18. The average Bonchev–Trinajstić information content (AvgIpc) is 2.65. The molecular formula is C27H50Cl2N4Ti. The summed E-state index contributed by atoms with van der Waals surface area (Å²) in [4.78, 5) is 7.69. The number of nitrogens with zero attached hydrogens (tertiary/aromatic N) is 4. The number of benzene rings is 1. The maximum atomic E-state index is 5.93. The number of halogens is 2. The third-order valence-corrected chi connectivity index (χ3v) is 7.72. The fourth-order valence-corrected chi connectivity index (χ4v) is 5.11. The summed E-state index contributed by atoms with van der Waals surface area (Å²) in [6.07, 6.45) is 0. The van der Waals surface area contributed by atoms with Crippen molar-refractivity contribution in [2.24, 2.45) is 3.42 Å². The molecule has 1 aliphatic heterocycles. The SMILES string of the molecule is CC(C)(C)N1CN(C(C)(C)C)CN(C(C)(C)C)C1.CC(C)c1cccc(C(C)C)c1[N]=[Ti]([Cl])[Cl]. The van der Waals surface area contributed by atoms with E-state index in [0.29, 0.717) is 11.8 Å². The van der Waals surface area contributed by atoms with Crippen LogP contribution in [0, 0.1) is 0 Å². The molecule has 0 saturated carbocycles. The Morgan fingerprint density at radius 1 is 0.676 bits per heavy atom. The van der Waals surface area contributed by atoms with Crippen molar-refractivity contribution >= 4 is 24.3 Å². The van der Waals surface area contributed by atoms with Crippen molar-refractivity contribution in [3.8, 4) is 0 Å². The molecule has 1 aliphatic rings. The topological polar surface area (TPSA) is 22.1 Å². The van der Waals surface area contributed by atoms with Gasteiger partial charge >= 0.3 is 112 Å². The molecule has 1 aromatic carbocycles. The van der Waals surface area contributed by atoms with E-state index in [-0.39, 0.29) is 16.6 Å². The molecule has 1 fully saturated rings. The number of hydrogen-bond acceptors (Lipinski definition) is 4. The van der Waals surface area contributed by atoms with Gasteiger partial charge in [-0.05, 0) is 62.3 Å². The fraction of sp³-hybridized carbons (Fsp3) is 0.778. The van der Waals surface area contributed by atoms with E-state index in [1.807, 2.05) is 0 Å². The van der Waals surface area contributed by atoms with Crippen molar-refractivity contribution in [1.29, 1.82) is 0 Å². The molecule has 34 heavy (non-hydrogen) atoms. The van der Waals surface area contributed by atoms with Gasteiger partial charge in [0.2, 0.25) is 0 Å². The second-order valence-electron chi connectivity index (χ2n) is 13.0. The van der Waals surface area contributed by atoms with Gasteiger partial charge in [0.05, 0.1) is 20.0 Å². The molecule has 0 aliphatic carbocycles. The van der Waals surface area contributed by atoms with Crippen LogP contribution in [-0.2, 0) is 15.6 Å². The van der Waals surface area contributed by atoms with E-state index >= 15 is 0 Å². The molecule has 1 saturated heterocycles. The Morgan fingerprint density at radius 3 is 1.18 bits per heavy atom. The van der Waals surface area contributed by atoms with Gasteiger partial charge in [0.15, 0.2) is 0 Å². The van der Waals surface area contributed by atoms with Crippen LogP contribution >= 0.6 is 18.6 Å². The van der Waals surface area contributed by atoms with Gasteiger partial charge in [0, 0.05) is 16.6 Å². The Hall–Kier alpha value is 0.194. The van der Waals surface area contributed by atoms with Gasteiger partial charge in [-0.3, -0.25) is 14.7 Å². The van der Waals surface area contributed by atoms with Crippen molar-refractivity contribution in [2.75, 3.05) is 20.0 Å². The summed E-state index contributed by atoms with van der Waals surface area (Å²) in [7, 11) is 11.9. The monoisotopic (exact) mass is 548 g/mol. The molecule has 0 unspecified atom stereocenters. The van der Waals surface area contributed by atoms with Crippen molar-refractivity contribution in [2.45, 2.75) is 118 Å². The molecular weight excluding hydrogens is 499 g/mol. The number of hydrogen-bond donors (Lipinski definition) is 0. The molecule has 1 aromatic rings. The second-order valence-corrected chi connectivity index (χ2v) is 17.9. The van der Waals surface area contributed by atoms with E-state index in [9.17, 15) is 0 Å². The van der Waals surface area contributed by atoms with Gasteiger partial charge in [0.25, 0.3) is 0 Å². The minimum atomic E-state index is -2.22. The molecule has 0 amide bonds. The summed E-state index contributed by atoms with van der Waals surface area (Å²) in [6, 6.07) is 6.32. The summed E-state index contributed by atoms with van der Waals surface area (Å²) >= 11 is -2.22. The third-order valence-electron chi connectivity index (χ3n) is 6.41. The molecule has 0 spiro atoms. The molecule has 7 heteroatoms. The predicted octanol–water partition coefficient (Wildman–Crippen LogP) is 8.85. The third kappa shape index (κ3) is 9.92. The van der Waals surface area contributed by atoms with Crippen LogP contribution in [-0.4, -0.2) is 51.3 Å². The molecule has 0 atom stereocenters. The molecule has 2 rings (SSSR count). The van der Waals surface area contributed by atoms with E-state index in [4.69, 9.17) is 18.6 Å². The Labute approximate surface area is 224 Å². The molecule has 0 radical (unpaired) electrons. The van der Waals surface area contributed by atoms with Crippen LogP contribution < -0.4 is 0 Å². The quantitative estimate of drug-likeness (QED) is 0.352.